The number of aliphatic imine (C=N–C) groups is 2. The predicted molar refractivity (Wildman–Crippen MR) is 192 cm³/mol. The van der Waals surface area contributed by atoms with Gasteiger partial charge in [0.15, 0.2) is 0 Å². The number of hydrogen-bond donors (Lipinski definition) is 4. The van der Waals surface area contributed by atoms with Crippen LogP contribution in [0.15, 0.2) is 136 Å². The molecule has 4 aromatic rings. The van der Waals surface area contributed by atoms with Crippen molar-refractivity contribution < 1.29 is 0 Å². The van der Waals surface area contributed by atoms with Gasteiger partial charge in [-0.25, -0.2) is 0 Å². The summed E-state index contributed by atoms with van der Waals surface area (Å²) in [7, 11) is 0. The average Bonchev–Trinajstić information content (AvgIpc) is 3.55. The second-order valence-corrected chi connectivity index (χ2v) is 11.9. The standard InChI is InChI=1S/C36H33N7S2/c1-25(43-32-7-3-6-31(19-32)42-24-40-16-14-35(38-2)27-5-4-15-39-21-27)29-17-30(23-41-22-29)28(20-37)18-34-12-13-36(45-34)26-8-10-33(44)11-9-26/h3-14,16-17,19,21-23,28,40,42-44H,1-2,15,18,24H2. The van der Waals surface area contributed by atoms with E-state index in [0.717, 1.165) is 49.1 Å². The summed E-state index contributed by atoms with van der Waals surface area (Å²) < 4.78 is 0. The third-order valence-electron chi connectivity index (χ3n) is 7.00. The van der Waals surface area contributed by atoms with E-state index < -0.39 is 0 Å². The van der Waals surface area contributed by atoms with Crippen molar-refractivity contribution in [1.82, 2.24) is 10.3 Å². The first-order valence-corrected chi connectivity index (χ1v) is 15.6. The number of nitrogens with zero attached hydrogens (tertiary/aromatic N) is 4. The van der Waals surface area contributed by atoms with Crippen molar-refractivity contribution in [3.05, 3.63) is 137 Å². The van der Waals surface area contributed by atoms with Crippen LogP contribution < -0.4 is 16.0 Å². The quantitative estimate of drug-likeness (QED) is 0.0520. The number of pyridine rings is 1. The smallest absolute Gasteiger partial charge is 0.0844 e. The van der Waals surface area contributed by atoms with Gasteiger partial charge in [0.25, 0.3) is 0 Å². The zero-order valence-electron chi connectivity index (χ0n) is 24.6. The monoisotopic (exact) mass is 627 g/mol. The highest BCUT2D eigenvalue weighted by Crippen LogP contribution is 2.32. The van der Waals surface area contributed by atoms with Crippen molar-refractivity contribution >= 4 is 54.0 Å². The molecule has 2 aromatic heterocycles. The molecule has 1 unspecified atom stereocenters. The molecule has 0 amide bonds. The van der Waals surface area contributed by atoms with E-state index in [1.807, 2.05) is 66.9 Å². The van der Waals surface area contributed by atoms with E-state index in [-0.39, 0.29) is 5.92 Å². The van der Waals surface area contributed by atoms with Gasteiger partial charge in [-0.15, -0.1) is 24.0 Å². The minimum atomic E-state index is -0.326. The maximum absolute atomic E-state index is 10.0. The number of anilines is 2. The fourth-order valence-electron chi connectivity index (χ4n) is 4.65. The number of aromatic nitrogens is 1. The number of nitrogens with one attached hydrogen (secondary N) is 3. The van der Waals surface area contributed by atoms with E-state index in [4.69, 9.17) is 0 Å². The topological polar surface area (TPSA) is 97.5 Å². The number of dihydropyridines is 1. The average molecular weight is 628 g/mol. The molecule has 0 spiro atoms. The van der Waals surface area contributed by atoms with E-state index in [9.17, 15) is 5.26 Å². The van der Waals surface area contributed by atoms with E-state index in [1.54, 1.807) is 29.9 Å². The lowest BCUT2D eigenvalue weighted by Gasteiger charge is -2.14. The minimum absolute atomic E-state index is 0.326. The molecule has 7 nitrogen and oxygen atoms in total. The first-order chi connectivity index (χ1) is 22.0. The van der Waals surface area contributed by atoms with Gasteiger partial charge in [0, 0.05) is 67.9 Å². The zero-order valence-corrected chi connectivity index (χ0v) is 26.4. The molecule has 0 aliphatic carbocycles. The van der Waals surface area contributed by atoms with Crippen LogP contribution in [0, 0.1) is 11.3 Å². The second kappa shape index (κ2) is 15.5. The normalized spacial score (nSPS) is 14.0. The molecule has 224 valence electrons. The van der Waals surface area contributed by atoms with Gasteiger partial charge in [0.2, 0.25) is 0 Å². The number of rotatable bonds is 13. The van der Waals surface area contributed by atoms with Crippen molar-refractivity contribution in [2.75, 3.05) is 23.8 Å². The SMILES string of the molecule is C=NC(C=CNCNc1cccc(NC(=C)c2cncc(C(C#N)Cc3ccc(-c4ccc(S)cc4)s3)c2)c1)=C1C=CCN=C1. The summed E-state index contributed by atoms with van der Waals surface area (Å²) in [6.45, 7) is 9.10. The fraction of sp³-hybridized carbons (Fsp3) is 0.111. The Morgan fingerprint density at radius 3 is 2.73 bits per heavy atom. The third kappa shape index (κ3) is 8.70. The minimum Gasteiger partial charge on any atom is -0.374 e. The van der Waals surface area contributed by atoms with Gasteiger partial charge in [0.05, 0.1) is 30.9 Å². The third-order valence-corrected chi connectivity index (χ3v) is 8.46. The van der Waals surface area contributed by atoms with E-state index in [2.05, 4.69) is 87.2 Å². The van der Waals surface area contributed by atoms with Gasteiger partial charge in [0.1, 0.15) is 0 Å². The van der Waals surface area contributed by atoms with Crippen LogP contribution in [-0.4, -0.2) is 31.1 Å². The first kappa shape index (κ1) is 31.3. The van der Waals surface area contributed by atoms with Crippen molar-refractivity contribution in [2.45, 2.75) is 17.2 Å². The van der Waals surface area contributed by atoms with Crippen LogP contribution in [0.5, 0.6) is 0 Å². The Bertz CT molecular complexity index is 1810. The molecule has 5 rings (SSSR count). The lowest BCUT2D eigenvalue weighted by Crippen LogP contribution is -2.16. The second-order valence-electron chi connectivity index (χ2n) is 10.2. The highest BCUT2D eigenvalue weighted by atomic mass is 32.1. The number of benzene rings is 2. The van der Waals surface area contributed by atoms with Gasteiger partial charge < -0.3 is 16.0 Å². The van der Waals surface area contributed by atoms with Crippen LogP contribution in [0.25, 0.3) is 16.1 Å². The van der Waals surface area contributed by atoms with Crippen molar-refractivity contribution in [2.24, 2.45) is 9.98 Å². The molecular weight excluding hydrogens is 595 g/mol. The van der Waals surface area contributed by atoms with E-state index in [0.29, 0.717) is 25.3 Å². The Hall–Kier alpha value is -5.17. The van der Waals surface area contributed by atoms with Crippen LogP contribution in [0.1, 0.15) is 21.9 Å². The van der Waals surface area contributed by atoms with E-state index in [1.165, 1.54) is 4.88 Å². The van der Waals surface area contributed by atoms with Gasteiger partial charge >= 0.3 is 0 Å². The summed E-state index contributed by atoms with van der Waals surface area (Å²) in [5.74, 6) is -0.326. The van der Waals surface area contributed by atoms with Crippen molar-refractivity contribution in [1.29, 1.82) is 5.26 Å². The maximum atomic E-state index is 10.0. The molecule has 0 radical (unpaired) electrons. The van der Waals surface area contributed by atoms with Crippen LogP contribution >= 0.6 is 24.0 Å². The molecule has 0 fully saturated rings. The van der Waals surface area contributed by atoms with Crippen LogP contribution in [-0.2, 0) is 6.42 Å². The summed E-state index contributed by atoms with van der Waals surface area (Å²) in [6, 6.07) is 24.7. The highest BCUT2D eigenvalue weighted by molar-refractivity contribution is 7.80. The van der Waals surface area contributed by atoms with Gasteiger partial charge in [-0.3, -0.25) is 15.0 Å². The molecule has 1 aliphatic heterocycles. The lowest BCUT2D eigenvalue weighted by molar-refractivity contribution is 0.854. The number of nitriles is 1. The van der Waals surface area contributed by atoms with Crippen molar-refractivity contribution in [3.63, 3.8) is 0 Å². The number of thiol groups is 1. The van der Waals surface area contributed by atoms with Crippen LogP contribution in [0.3, 0.4) is 0 Å². The summed E-state index contributed by atoms with van der Waals surface area (Å²) in [6.07, 6.45) is 13.6. The summed E-state index contributed by atoms with van der Waals surface area (Å²) >= 11 is 6.08. The van der Waals surface area contributed by atoms with E-state index >= 15 is 0 Å². The Kier molecular flexibility index (Phi) is 10.8. The van der Waals surface area contributed by atoms with Gasteiger partial charge in [-0.05, 0) is 78.7 Å². The molecule has 0 saturated carbocycles. The predicted octanol–water partition coefficient (Wildman–Crippen LogP) is 8.10. The molecule has 2 aromatic carbocycles. The van der Waals surface area contributed by atoms with Gasteiger partial charge in [-0.2, -0.15) is 5.26 Å². The molecule has 3 N–H and O–H groups in total. The largest absolute Gasteiger partial charge is 0.374 e. The Morgan fingerprint density at radius 2 is 1.96 bits per heavy atom. The highest BCUT2D eigenvalue weighted by Gasteiger charge is 2.15. The molecule has 0 saturated heterocycles. The molecule has 3 heterocycles. The number of thiophene rings is 1. The van der Waals surface area contributed by atoms with Crippen molar-refractivity contribution in [3.8, 4) is 16.5 Å². The molecule has 1 aliphatic rings. The Labute approximate surface area is 273 Å². The fourth-order valence-corrected chi connectivity index (χ4v) is 5.86. The molecule has 45 heavy (non-hydrogen) atoms. The van der Waals surface area contributed by atoms with Gasteiger partial charge in [-0.1, -0.05) is 36.9 Å². The Morgan fingerprint density at radius 1 is 1.11 bits per heavy atom. The van der Waals surface area contributed by atoms with Crippen LogP contribution in [0.4, 0.5) is 11.4 Å². The summed E-state index contributed by atoms with van der Waals surface area (Å²) in [4.78, 5) is 16.0. The maximum Gasteiger partial charge on any atom is 0.0844 e. The number of hydrogen-bond acceptors (Lipinski definition) is 9. The molecular formula is C36H33N7S2. The molecule has 1 atom stereocenters. The summed E-state index contributed by atoms with van der Waals surface area (Å²) in [5.41, 5.74) is 7.03. The lowest BCUT2D eigenvalue weighted by atomic mass is 9.96. The first-order valence-electron chi connectivity index (χ1n) is 14.3. The summed E-state index contributed by atoms with van der Waals surface area (Å²) in [5, 5.41) is 20.0. The molecule has 9 heteroatoms. The Balaban J connectivity index is 1.17. The zero-order chi connectivity index (χ0) is 31.4. The number of allylic oxidation sites excluding steroid dienone is 3. The van der Waals surface area contributed by atoms with Crippen LogP contribution in [0.2, 0.25) is 0 Å². The molecule has 0 bridgehead atoms.